The van der Waals surface area contributed by atoms with Crippen LogP contribution in [-0.4, -0.2) is 17.9 Å². The van der Waals surface area contributed by atoms with Crippen LogP contribution < -0.4 is 0 Å². The molecule has 0 N–H and O–H groups in total. The predicted octanol–water partition coefficient (Wildman–Crippen LogP) is 2.03. The molecule has 0 amide bonds. The Kier molecular flexibility index (Phi) is 4.60. The highest BCUT2D eigenvalue weighted by Crippen LogP contribution is 2.07. The third-order valence-electron chi connectivity index (χ3n) is 1.74. The summed E-state index contributed by atoms with van der Waals surface area (Å²) in [5.41, 5.74) is 0.687. The van der Waals surface area contributed by atoms with Crippen LogP contribution in [0, 0.1) is 0 Å². The molecule has 1 aromatic carbocycles. The standard InChI is InChI=1S/C11H10O4S/c1-2-14-10(12)8-3-5-9(6-4-8)11(13)15-7-16/h2-6,16H,1,7H2. The van der Waals surface area contributed by atoms with Gasteiger partial charge in [-0.1, -0.05) is 6.58 Å². The minimum absolute atomic E-state index is 0.0130. The van der Waals surface area contributed by atoms with Crippen LogP contribution >= 0.6 is 12.6 Å². The van der Waals surface area contributed by atoms with Crippen molar-refractivity contribution in [3.63, 3.8) is 0 Å². The first-order valence-electron chi connectivity index (χ1n) is 4.39. The van der Waals surface area contributed by atoms with Gasteiger partial charge < -0.3 is 9.47 Å². The minimum Gasteiger partial charge on any atom is -0.451 e. The molecule has 1 aromatic rings. The highest BCUT2D eigenvalue weighted by atomic mass is 32.1. The molecule has 0 saturated heterocycles. The molecule has 0 aliphatic heterocycles. The number of benzene rings is 1. The Morgan fingerprint density at radius 3 is 2.12 bits per heavy atom. The molecule has 0 bridgehead atoms. The number of hydrogen-bond donors (Lipinski definition) is 1. The molecule has 0 aliphatic rings. The smallest absolute Gasteiger partial charge is 0.342 e. The van der Waals surface area contributed by atoms with E-state index >= 15 is 0 Å². The highest BCUT2D eigenvalue weighted by Gasteiger charge is 2.09. The summed E-state index contributed by atoms with van der Waals surface area (Å²) in [5, 5.41) is 0. The van der Waals surface area contributed by atoms with Crippen LogP contribution in [0.25, 0.3) is 0 Å². The summed E-state index contributed by atoms with van der Waals surface area (Å²) in [7, 11) is 0. The molecule has 0 spiro atoms. The van der Waals surface area contributed by atoms with Crippen molar-refractivity contribution in [1.82, 2.24) is 0 Å². The molecule has 1 rings (SSSR count). The maximum Gasteiger partial charge on any atom is 0.342 e. The zero-order chi connectivity index (χ0) is 12.0. The van der Waals surface area contributed by atoms with Gasteiger partial charge in [0.05, 0.1) is 17.4 Å². The molecule has 0 aliphatic carbocycles. The molecular weight excluding hydrogens is 228 g/mol. The van der Waals surface area contributed by atoms with E-state index in [9.17, 15) is 9.59 Å². The second-order valence-corrected chi connectivity index (χ2v) is 2.97. The molecule has 4 nitrogen and oxygen atoms in total. The van der Waals surface area contributed by atoms with E-state index < -0.39 is 11.9 Å². The lowest BCUT2D eigenvalue weighted by Gasteiger charge is -2.02. The van der Waals surface area contributed by atoms with Crippen LogP contribution in [0.1, 0.15) is 20.7 Å². The molecule has 0 radical (unpaired) electrons. The largest absolute Gasteiger partial charge is 0.451 e. The van der Waals surface area contributed by atoms with Crippen LogP contribution in [0.15, 0.2) is 37.1 Å². The second kappa shape index (κ2) is 5.97. The quantitative estimate of drug-likeness (QED) is 0.377. The maximum atomic E-state index is 11.2. The van der Waals surface area contributed by atoms with Gasteiger partial charge in [-0.25, -0.2) is 9.59 Å². The maximum absolute atomic E-state index is 11.2. The summed E-state index contributed by atoms with van der Waals surface area (Å²) in [6.45, 7) is 3.27. The summed E-state index contributed by atoms with van der Waals surface area (Å²) in [6.07, 6.45) is 1.05. The molecule has 0 saturated carbocycles. The number of ether oxygens (including phenoxy) is 2. The molecular formula is C11H10O4S. The number of carbonyl (C=O) groups excluding carboxylic acids is 2. The molecule has 0 fully saturated rings. The number of esters is 2. The predicted molar refractivity (Wildman–Crippen MR) is 61.3 cm³/mol. The van der Waals surface area contributed by atoms with E-state index in [-0.39, 0.29) is 5.94 Å². The van der Waals surface area contributed by atoms with E-state index in [4.69, 9.17) is 0 Å². The number of carbonyl (C=O) groups is 2. The van der Waals surface area contributed by atoms with E-state index in [1.165, 1.54) is 24.3 Å². The van der Waals surface area contributed by atoms with Crippen molar-refractivity contribution in [3.05, 3.63) is 48.2 Å². The van der Waals surface area contributed by atoms with Gasteiger partial charge in [-0.3, -0.25) is 0 Å². The van der Waals surface area contributed by atoms with E-state index in [1.54, 1.807) is 0 Å². The van der Waals surface area contributed by atoms with E-state index in [0.717, 1.165) is 6.26 Å². The molecule has 16 heavy (non-hydrogen) atoms. The second-order valence-electron chi connectivity index (χ2n) is 2.71. The highest BCUT2D eigenvalue weighted by molar-refractivity contribution is 7.80. The molecule has 84 valence electrons. The third kappa shape index (κ3) is 3.13. The fourth-order valence-electron chi connectivity index (χ4n) is 1.03. The molecule has 0 aromatic heterocycles. The average molecular weight is 238 g/mol. The Hall–Kier alpha value is -1.75. The number of thiol groups is 1. The van der Waals surface area contributed by atoms with Crippen LogP contribution in [0.4, 0.5) is 0 Å². The van der Waals surface area contributed by atoms with Crippen molar-refractivity contribution in [2.45, 2.75) is 0 Å². The van der Waals surface area contributed by atoms with Crippen LogP contribution in [0.2, 0.25) is 0 Å². The molecule has 0 atom stereocenters. The summed E-state index contributed by atoms with van der Waals surface area (Å²) in [5.74, 6) is -0.998. The van der Waals surface area contributed by atoms with Crippen LogP contribution in [0.5, 0.6) is 0 Å². The van der Waals surface area contributed by atoms with Crippen molar-refractivity contribution in [1.29, 1.82) is 0 Å². The van der Waals surface area contributed by atoms with Gasteiger partial charge in [0.25, 0.3) is 0 Å². The van der Waals surface area contributed by atoms with Gasteiger partial charge in [-0.15, -0.1) is 12.6 Å². The van der Waals surface area contributed by atoms with Crippen molar-refractivity contribution >= 4 is 24.6 Å². The van der Waals surface area contributed by atoms with Gasteiger partial charge in [-0.2, -0.15) is 0 Å². The van der Waals surface area contributed by atoms with Gasteiger partial charge in [-0.05, 0) is 24.3 Å². The van der Waals surface area contributed by atoms with Gasteiger partial charge in [0.2, 0.25) is 0 Å². The van der Waals surface area contributed by atoms with E-state index in [1.807, 2.05) is 0 Å². The lowest BCUT2D eigenvalue weighted by atomic mass is 10.1. The summed E-state index contributed by atoms with van der Waals surface area (Å²) >= 11 is 3.76. The van der Waals surface area contributed by atoms with Crippen LogP contribution in [0.3, 0.4) is 0 Å². The summed E-state index contributed by atoms with van der Waals surface area (Å²) < 4.78 is 9.24. The summed E-state index contributed by atoms with van der Waals surface area (Å²) in [4.78, 5) is 22.5. The Labute approximate surface area is 98.3 Å². The fourth-order valence-corrected chi connectivity index (χ4v) is 1.15. The lowest BCUT2D eigenvalue weighted by Crippen LogP contribution is -2.05. The van der Waals surface area contributed by atoms with Gasteiger partial charge in [0.15, 0.2) is 0 Å². The normalized spacial score (nSPS) is 9.31. The van der Waals surface area contributed by atoms with Crippen molar-refractivity contribution in [2.24, 2.45) is 0 Å². The van der Waals surface area contributed by atoms with Crippen molar-refractivity contribution < 1.29 is 19.1 Å². The zero-order valence-corrected chi connectivity index (χ0v) is 9.28. The molecule has 5 heteroatoms. The van der Waals surface area contributed by atoms with Gasteiger partial charge in [0, 0.05) is 0 Å². The third-order valence-corrected chi connectivity index (χ3v) is 1.87. The first-order chi connectivity index (χ1) is 7.69. The van der Waals surface area contributed by atoms with Crippen molar-refractivity contribution in [2.75, 3.05) is 5.94 Å². The van der Waals surface area contributed by atoms with Gasteiger partial charge >= 0.3 is 11.9 Å². The number of hydrogen-bond acceptors (Lipinski definition) is 5. The Morgan fingerprint density at radius 2 is 1.69 bits per heavy atom. The zero-order valence-electron chi connectivity index (χ0n) is 8.38. The monoisotopic (exact) mass is 238 g/mol. The Bertz CT molecular complexity index is 397. The fraction of sp³-hybridized carbons (Fsp3) is 0.0909. The topological polar surface area (TPSA) is 52.6 Å². The summed E-state index contributed by atoms with van der Waals surface area (Å²) in [6, 6.07) is 5.90. The average Bonchev–Trinajstić information content (AvgIpc) is 2.30. The molecule has 0 unspecified atom stereocenters. The number of rotatable bonds is 4. The van der Waals surface area contributed by atoms with Gasteiger partial charge in [0.1, 0.15) is 5.94 Å². The van der Waals surface area contributed by atoms with Crippen LogP contribution in [-0.2, 0) is 9.47 Å². The lowest BCUT2D eigenvalue weighted by molar-refractivity contribution is 0.0578. The first-order valence-corrected chi connectivity index (χ1v) is 5.02. The Balaban J connectivity index is 2.78. The first kappa shape index (κ1) is 12.3. The van der Waals surface area contributed by atoms with E-state index in [0.29, 0.717) is 11.1 Å². The SMILES string of the molecule is C=COC(=O)c1ccc(C(=O)OCS)cc1. The van der Waals surface area contributed by atoms with E-state index in [2.05, 4.69) is 28.7 Å². The minimum atomic E-state index is -0.524. The molecule has 0 heterocycles. The Morgan fingerprint density at radius 1 is 1.19 bits per heavy atom. The van der Waals surface area contributed by atoms with Crippen molar-refractivity contribution in [3.8, 4) is 0 Å².